The van der Waals surface area contributed by atoms with Crippen molar-refractivity contribution in [3.63, 3.8) is 0 Å². The van der Waals surface area contributed by atoms with Crippen LogP contribution in [0, 0.1) is 11.8 Å². The SMILES string of the molecule is CCCC(CC=O)C(C)C=O. The number of aldehydes is 2. The monoisotopic (exact) mass is 156 g/mol. The van der Waals surface area contributed by atoms with Crippen molar-refractivity contribution in [1.82, 2.24) is 0 Å². The Hall–Kier alpha value is -0.660. The third-order valence-electron chi connectivity index (χ3n) is 2.02. The van der Waals surface area contributed by atoms with E-state index in [2.05, 4.69) is 6.92 Å². The molecule has 2 unspecified atom stereocenters. The Morgan fingerprint density at radius 1 is 1.36 bits per heavy atom. The molecule has 0 aromatic carbocycles. The molecule has 0 aliphatic rings. The third kappa shape index (κ3) is 3.91. The maximum absolute atomic E-state index is 10.4. The molecule has 0 N–H and O–H groups in total. The van der Waals surface area contributed by atoms with Gasteiger partial charge >= 0.3 is 0 Å². The Kier molecular flexibility index (Phi) is 5.71. The fraction of sp³-hybridized carbons (Fsp3) is 0.778. The lowest BCUT2D eigenvalue weighted by molar-refractivity contribution is -0.113. The maximum Gasteiger partial charge on any atom is 0.123 e. The number of rotatable bonds is 6. The molecular formula is C9H16O2. The fourth-order valence-electron chi connectivity index (χ4n) is 1.20. The first-order chi connectivity index (χ1) is 5.26. The molecule has 0 aromatic heterocycles. The second-order valence-corrected chi connectivity index (χ2v) is 2.95. The Labute approximate surface area is 68.0 Å². The molecule has 0 bridgehead atoms. The lowest BCUT2D eigenvalue weighted by atomic mass is 9.89. The zero-order valence-electron chi connectivity index (χ0n) is 7.25. The Balaban J connectivity index is 3.84. The second-order valence-electron chi connectivity index (χ2n) is 2.95. The molecule has 2 atom stereocenters. The van der Waals surface area contributed by atoms with E-state index in [-0.39, 0.29) is 11.8 Å². The zero-order valence-corrected chi connectivity index (χ0v) is 7.25. The zero-order chi connectivity index (χ0) is 8.69. The first kappa shape index (κ1) is 10.3. The van der Waals surface area contributed by atoms with Crippen molar-refractivity contribution < 1.29 is 9.59 Å². The summed E-state index contributed by atoms with van der Waals surface area (Å²) in [6.45, 7) is 3.94. The molecule has 0 spiro atoms. The summed E-state index contributed by atoms with van der Waals surface area (Å²) in [6, 6.07) is 0. The van der Waals surface area contributed by atoms with Crippen LogP contribution in [0.3, 0.4) is 0 Å². The molecule has 0 saturated heterocycles. The highest BCUT2D eigenvalue weighted by Crippen LogP contribution is 2.18. The van der Waals surface area contributed by atoms with Crippen LogP contribution < -0.4 is 0 Å². The lowest BCUT2D eigenvalue weighted by Crippen LogP contribution is -2.13. The summed E-state index contributed by atoms with van der Waals surface area (Å²) in [4.78, 5) is 20.6. The molecule has 0 saturated carbocycles. The van der Waals surface area contributed by atoms with Crippen LogP contribution in [0.2, 0.25) is 0 Å². The number of carbonyl (C=O) groups is 2. The van der Waals surface area contributed by atoms with Gasteiger partial charge in [0.1, 0.15) is 12.6 Å². The molecule has 0 aliphatic heterocycles. The van der Waals surface area contributed by atoms with Gasteiger partial charge in [-0.25, -0.2) is 0 Å². The van der Waals surface area contributed by atoms with Crippen LogP contribution in [-0.2, 0) is 9.59 Å². The average molecular weight is 156 g/mol. The highest BCUT2D eigenvalue weighted by Gasteiger charge is 2.14. The largest absolute Gasteiger partial charge is 0.303 e. The molecule has 2 nitrogen and oxygen atoms in total. The van der Waals surface area contributed by atoms with Crippen LogP contribution in [0.15, 0.2) is 0 Å². The van der Waals surface area contributed by atoms with Crippen molar-refractivity contribution in [2.24, 2.45) is 11.8 Å². The second kappa shape index (κ2) is 6.08. The molecule has 0 rings (SSSR count). The lowest BCUT2D eigenvalue weighted by Gasteiger charge is -2.15. The van der Waals surface area contributed by atoms with Gasteiger partial charge in [0, 0.05) is 12.3 Å². The minimum absolute atomic E-state index is 0.0279. The molecule has 0 heterocycles. The van der Waals surface area contributed by atoms with E-state index in [1.165, 1.54) is 0 Å². The molecule has 11 heavy (non-hydrogen) atoms. The quantitative estimate of drug-likeness (QED) is 0.550. The number of carbonyl (C=O) groups excluding carboxylic acids is 2. The van der Waals surface area contributed by atoms with E-state index < -0.39 is 0 Å². The van der Waals surface area contributed by atoms with E-state index in [1.54, 1.807) is 0 Å². The van der Waals surface area contributed by atoms with Gasteiger partial charge in [0.15, 0.2) is 0 Å². The molecule has 0 fully saturated rings. The van der Waals surface area contributed by atoms with Crippen molar-refractivity contribution in [1.29, 1.82) is 0 Å². The van der Waals surface area contributed by atoms with Crippen LogP contribution in [-0.4, -0.2) is 12.6 Å². The van der Waals surface area contributed by atoms with Crippen molar-refractivity contribution in [3.8, 4) is 0 Å². The molecular weight excluding hydrogens is 140 g/mol. The minimum Gasteiger partial charge on any atom is -0.303 e. The maximum atomic E-state index is 10.4. The smallest absolute Gasteiger partial charge is 0.123 e. The summed E-state index contributed by atoms with van der Waals surface area (Å²) in [6.07, 6.45) is 4.37. The minimum atomic E-state index is 0.0279. The Morgan fingerprint density at radius 2 is 2.00 bits per heavy atom. The van der Waals surface area contributed by atoms with Gasteiger partial charge in [-0.1, -0.05) is 20.3 Å². The molecule has 64 valence electrons. The first-order valence-electron chi connectivity index (χ1n) is 4.15. The molecule has 0 aliphatic carbocycles. The highest BCUT2D eigenvalue weighted by molar-refractivity contribution is 5.56. The van der Waals surface area contributed by atoms with E-state index in [1.807, 2.05) is 6.92 Å². The van der Waals surface area contributed by atoms with Gasteiger partial charge in [0.2, 0.25) is 0 Å². The predicted molar refractivity (Wildman–Crippen MR) is 44.3 cm³/mol. The summed E-state index contributed by atoms with van der Waals surface area (Å²) in [7, 11) is 0. The van der Waals surface area contributed by atoms with E-state index in [0.29, 0.717) is 6.42 Å². The van der Waals surface area contributed by atoms with Gasteiger partial charge in [-0.3, -0.25) is 0 Å². The van der Waals surface area contributed by atoms with Crippen molar-refractivity contribution in [2.45, 2.75) is 33.1 Å². The van der Waals surface area contributed by atoms with Gasteiger partial charge in [0.05, 0.1) is 0 Å². The molecule has 0 radical (unpaired) electrons. The normalized spacial score (nSPS) is 15.5. The van der Waals surface area contributed by atoms with Crippen LogP contribution in [0.5, 0.6) is 0 Å². The predicted octanol–water partition coefficient (Wildman–Crippen LogP) is 1.83. The van der Waals surface area contributed by atoms with Gasteiger partial charge in [-0.2, -0.15) is 0 Å². The van der Waals surface area contributed by atoms with Crippen molar-refractivity contribution in [2.75, 3.05) is 0 Å². The molecule has 0 aromatic rings. The van der Waals surface area contributed by atoms with E-state index in [0.717, 1.165) is 25.4 Å². The van der Waals surface area contributed by atoms with E-state index in [4.69, 9.17) is 0 Å². The van der Waals surface area contributed by atoms with Crippen molar-refractivity contribution >= 4 is 12.6 Å². The summed E-state index contributed by atoms with van der Waals surface area (Å²) >= 11 is 0. The number of hydrogen-bond acceptors (Lipinski definition) is 2. The summed E-state index contributed by atoms with van der Waals surface area (Å²) < 4.78 is 0. The van der Waals surface area contributed by atoms with E-state index in [9.17, 15) is 9.59 Å². The van der Waals surface area contributed by atoms with Crippen LogP contribution >= 0.6 is 0 Å². The van der Waals surface area contributed by atoms with Crippen LogP contribution in [0.4, 0.5) is 0 Å². The van der Waals surface area contributed by atoms with E-state index >= 15 is 0 Å². The Morgan fingerprint density at radius 3 is 2.36 bits per heavy atom. The van der Waals surface area contributed by atoms with Gasteiger partial charge < -0.3 is 9.59 Å². The molecule has 0 amide bonds. The Bertz CT molecular complexity index is 121. The summed E-state index contributed by atoms with van der Waals surface area (Å²) in [5, 5.41) is 0. The van der Waals surface area contributed by atoms with Crippen LogP contribution in [0.25, 0.3) is 0 Å². The van der Waals surface area contributed by atoms with Gasteiger partial charge in [0.25, 0.3) is 0 Å². The summed E-state index contributed by atoms with van der Waals surface area (Å²) in [5.41, 5.74) is 0. The average Bonchev–Trinajstić information content (AvgIpc) is 2.03. The molecule has 2 heteroatoms. The number of hydrogen-bond donors (Lipinski definition) is 0. The summed E-state index contributed by atoms with van der Waals surface area (Å²) in [5.74, 6) is 0.287. The van der Waals surface area contributed by atoms with Gasteiger partial charge in [-0.15, -0.1) is 0 Å². The third-order valence-corrected chi connectivity index (χ3v) is 2.02. The van der Waals surface area contributed by atoms with Crippen LogP contribution in [0.1, 0.15) is 33.1 Å². The first-order valence-corrected chi connectivity index (χ1v) is 4.15. The highest BCUT2D eigenvalue weighted by atomic mass is 16.1. The standard InChI is InChI=1S/C9H16O2/c1-3-4-9(5-6-10)8(2)7-11/h6-9H,3-5H2,1-2H3. The fourth-order valence-corrected chi connectivity index (χ4v) is 1.20. The van der Waals surface area contributed by atoms with Gasteiger partial charge in [-0.05, 0) is 12.3 Å². The van der Waals surface area contributed by atoms with Crippen molar-refractivity contribution in [3.05, 3.63) is 0 Å². The topological polar surface area (TPSA) is 34.1 Å².